The van der Waals surface area contributed by atoms with E-state index in [1.54, 1.807) is 11.3 Å². The summed E-state index contributed by atoms with van der Waals surface area (Å²) in [4.78, 5) is 4.21. The lowest BCUT2D eigenvalue weighted by Crippen LogP contribution is -2.44. The van der Waals surface area contributed by atoms with Crippen molar-refractivity contribution < 1.29 is 0 Å². The molecule has 1 fully saturated rings. The molecule has 0 spiro atoms. The molecule has 96 valence electrons. The van der Waals surface area contributed by atoms with Gasteiger partial charge in [0.15, 0.2) is 0 Å². The number of hydrogen-bond donors (Lipinski definition) is 1. The molecule has 2 nitrogen and oxygen atoms in total. The van der Waals surface area contributed by atoms with E-state index in [0.717, 1.165) is 12.6 Å². The highest BCUT2D eigenvalue weighted by molar-refractivity contribution is 9.10. The van der Waals surface area contributed by atoms with Gasteiger partial charge in [-0.05, 0) is 42.8 Å². The minimum absolute atomic E-state index is 0.682. The first-order valence-electron chi connectivity index (χ1n) is 6.79. The van der Waals surface area contributed by atoms with E-state index >= 15 is 0 Å². The topological polar surface area (TPSA) is 15.3 Å². The quantitative estimate of drug-likeness (QED) is 0.788. The van der Waals surface area contributed by atoms with E-state index in [0.29, 0.717) is 5.92 Å². The van der Waals surface area contributed by atoms with Gasteiger partial charge in [-0.15, -0.1) is 11.8 Å². The third-order valence-corrected chi connectivity index (χ3v) is 6.26. The van der Waals surface area contributed by atoms with E-state index < -0.39 is 0 Å². The van der Waals surface area contributed by atoms with E-state index in [9.17, 15) is 0 Å². The van der Waals surface area contributed by atoms with Gasteiger partial charge in [0, 0.05) is 34.4 Å². The Bertz CT molecular complexity index is 491. The molecule has 0 radical (unpaired) electrons. The maximum absolute atomic E-state index is 3.79. The van der Waals surface area contributed by atoms with Crippen LogP contribution in [0.25, 0.3) is 0 Å². The standard InChI is InChI=1S/C14H17BrN2S/c15-10-2-3-12-14-13(10)9-8-16-5-4-11(9)17(14)6-1-7-18-12/h2-3,9,11,16H,1,4-8H2/t9-,11+/m0/s1. The zero-order chi connectivity index (χ0) is 12.1. The summed E-state index contributed by atoms with van der Waals surface area (Å²) in [5.74, 6) is 1.95. The lowest BCUT2D eigenvalue weighted by Gasteiger charge is -2.33. The second kappa shape index (κ2) is 4.43. The highest BCUT2D eigenvalue weighted by Crippen LogP contribution is 2.51. The average molecular weight is 325 g/mol. The van der Waals surface area contributed by atoms with Crippen LogP contribution in [0.2, 0.25) is 0 Å². The number of anilines is 1. The van der Waals surface area contributed by atoms with Gasteiger partial charge < -0.3 is 10.2 Å². The molecule has 18 heavy (non-hydrogen) atoms. The number of halogens is 1. The Morgan fingerprint density at radius 2 is 2.33 bits per heavy atom. The van der Waals surface area contributed by atoms with Crippen molar-refractivity contribution in [3.63, 3.8) is 0 Å². The van der Waals surface area contributed by atoms with Gasteiger partial charge in [-0.25, -0.2) is 0 Å². The smallest absolute Gasteiger partial charge is 0.0555 e. The number of hydrogen-bond acceptors (Lipinski definition) is 3. The maximum Gasteiger partial charge on any atom is 0.0555 e. The molecule has 1 N–H and O–H groups in total. The zero-order valence-corrected chi connectivity index (χ0v) is 12.7. The van der Waals surface area contributed by atoms with E-state index in [-0.39, 0.29) is 0 Å². The van der Waals surface area contributed by atoms with Crippen LogP contribution >= 0.6 is 27.7 Å². The van der Waals surface area contributed by atoms with Crippen molar-refractivity contribution in [2.75, 3.05) is 30.3 Å². The molecule has 2 atom stereocenters. The molecule has 0 aliphatic carbocycles. The fraction of sp³-hybridized carbons (Fsp3) is 0.571. The second-order valence-corrected chi connectivity index (χ2v) is 7.36. The number of nitrogens with one attached hydrogen (secondary N) is 1. The van der Waals surface area contributed by atoms with Crippen molar-refractivity contribution in [2.24, 2.45) is 0 Å². The molecule has 1 aromatic rings. The summed E-state index contributed by atoms with van der Waals surface area (Å²) in [5, 5.41) is 3.57. The fourth-order valence-corrected chi connectivity index (χ4v) is 5.34. The second-order valence-electron chi connectivity index (χ2n) is 5.37. The monoisotopic (exact) mass is 324 g/mol. The summed E-state index contributed by atoms with van der Waals surface area (Å²) in [7, 11) is 0. The molecule has 0 aromatic heterocycles. The molecule has 0 unspecified atom stereocenters. The molecule has 3 aliphatic heterocycles. The first kappa shape index (κ1) is 11.6. The maximum atomic E-state index is 3.79. The van der Waals surface area contributed by atoms with Gasteiger partial charge in [0.1, 0.15) is 0 Å². The van der Waals surface area contributed by atoms with Gasteiger partial charge in [-0.1, -0.05) is 15.9 Å². The van der Waals surface area contributed by atoms with Crippen LogP contribution in [0.5, 0.6) is 0 Å². The Kier molecular flexibility index (Phi) is 2.86. The summed E-state index contributed by atoms with van der Waals surface area (Å²) in [6.07, 6.45) is 2.60. The molecule has 4 heteroatoms. The fourth-order valence-electron chi connectivity index (χ4n) is 3.70. The SMILES string of the molecule is Brc1ccc2c3c1[C@H]1CNCC[C@H]1N3CCCS2. The van der Waals surface area contributed by atoms with E-state index in [1.807, 2.05) is 11.8 Å². The summed E-state index contributed by atoms with van der Waals surface area (Å²) >= 11 is 5.82. The van der Waals surface area contributed by atoms with Crippen molar-refractivity contribution in [3.8, 4) is 0 Å². The van der Waals surface area contributed by atoms with Crippen LogP contribution in [0, 0.1) is 0 Å². The molecule has 3 aliphatic rings. The first-order chi connectivity index (χ1) is 8.86. The Morgan fingerprint density at radius 1 is 1.39 bits per heavy atom. The van der Waals surface area contributed by atoms with E-state index in [4.69, 9.17) is 0 Å². The number of nitrogens with zero attached hydrogens (tertiary/aromatic N) is 1. The predicted molar refractivity (Wildman–Crippen MR) is 80.8 cm³/mol. The Morgan fingerprint density at radius 3 is 3.28 bits per heavy atom. The van der Waals surface area contributed by atoms with Crippen LogP contribution in [0.4, 0.5) is 5.69 Å². The van der Waals surface area contributed by atoms with Crippen LogP contribution in [-0.4, -0.2) is 31.4 Å². The average Bonchev–Trinajstić information content (AvgIpc) is 2.58. The van der Waals surface area contributed by atoms with Crippen molar-refractivity contribution in [2.45, 2.75) is 29.7 Å². The Labute approximate surface area is 121 Å². The molecule has 3 heterocycles. The lowest BCUT2D eigenvalue weighted by atomic mass is 9.90. The number of piperidine rings is 1. The van der Waals surface area contributed by atoms with Crippen LogP contribution in [-0.2, 0) is 0 Å². The van der Waals surface area contributed by atoms with Crippen molar-refractivity contribution in [1.29, 1.82) is 0 Å². The van der Waals surface area contributed by atoms with Crippen LogP contribution in [0.1, 0.15) is 24.3 Å². The molecular formula is C14H17BrN2S. The summed E-state index contributed by atoms with van der Waals surface area (Å²) in [6.45, 7) is 3.55. The number of benzene rings is 1. The number of rotatable bonds is 0. The van der Waals surface area contributed by atoms with E-state index in [1.165, 1.54) is 41.1 Å². The minimum atomic E-state index is 0.682. The van der Waals surface area contributed by atoms with Gasteiger partial charge in [0.05, 0.1) is 5.69 Å². The van der Waals surface area contributed by atoms with Crippen molar-refractivity contribution in [1.82, 2.24) is 5.32 Å². The normalized spacial score (nSPS) is 29.7. The molecule has 0 bridgehead atoms. The largest absolute Gasteiger partial charge is 0.367 e. The first-order valence-corrected chi connectivity index (χ1v) is 8.56. The van der Waals surface area contributed by atoms with E-state index in [2.05, 4.69) is 38.3 Å². The molecular weight excluding hydrogens is 308 g/mol. The van der Waals surface area contributed by atoms with Crippen molar-refractivity contribution in [3.05, 3.63) is 22.2 Å². The lowest BCUT2D eigenvalue weighted by molar-refractivity contribution is 0.402. The Hall–Kier alpha value is -0.190. The number of fused-ring (bicyclic) bond motifs is 3. The minimum Gasteiger partial charge on any atom is -0.367 e. The van der Waals surface area contributed by atoms with Gasteiger partial charge in [-0.2, -0.15) is 0 Å². The Balaban J connectivity index is 1.92. The summed E-state index contributed by atoms with van der Waals surface area (Å²) in [6, 6.07) is 5.29. The highest BCUT2D eigenvalue weighted by Gasteiger charge is 2.42. The third kappa shape index (κ3) is 1.58. The molecule has 0 saturated carbocycles. The predicted octanol–water partition coefficient (Wildman–Crippen LogP) is 3.21. The summed E-state index contributed by atoms with van der Waals surface area (Å²) < 4.78 is 1.31. The molecule has 0 amide bonds. The van der Waals surface area contributed by atoms with Gasteiger partial charge in [0.25, 0.3) is 0 Å². The van der Waals surface area contributed by atoms with Gasteiger partial charge in [-0.3, -0.25) is 0 Å². The summed E-state index contributed by atoms with van der Waals surface area (Å²) in [5.41, 5.74) is 3.12. The molecule has 1 saturated heterocycles. The highest BCUT2D eigenvalue weighted by atomic mass is 79.9. The van der Waals surface area contributed by atoms with Crippen LogP contribution in [0.3, 0.4) is 0 Å². The van der Waals surface area contributed by atoms with Crippen molar-refractivity contribution >= 4 is 33.4 Å². The zero-order valence-electron chi connectivity index (χ0n) is 10.3. The third-order valence-electron chi connectivity index (χ3n) is 4.43. The van der Waals surface area contributed by atoms with Crippen LogP contribution in [0.15, 0.2) is 21.5 Å². The molecule has 4 rings (SSSR count). The number of thioether (sulfide) groups is 1. The van der Waals surface area contributed by atoms with Gasteiger partial charge in [0.2, 0.25) is 0 Å². The molecule has 1 aromatic carbocycles. The van der Waals surface area contributed by atoms with Gasteiger partial charge >= 0.3 is 0 Å². The van der Waals surface area contributed by atoms with Crippen LogP contribution < -0.4 is 10.2 Å².